The molecule has 0 bridgehead atoms. The molecule has 1 aliphatic heterocycles. The average Bonchev–Trinajstić information content (AvgIpc) is 2.58. The Balaban J connectivity index is 2.70. The van der Waals surface area contributed by atoms with Gasteiger partial charge in [0.05, 0.1) is 6.04 Å². The Hall–Kier alpha value is -1.70. The predicted molar refractivity (Wildman–Crippen MR) is 97.9 cm³/mol. The monoisotopic (exact) mass is 337 g/mol. The van der Waals surface area contributed by atoms with E-state index in [4.69, 9.17) is 4.74 Å². The number of hydrogen-bond acceptors (Lipinski definition) is 6. The summed E-state index contributed by atoms with van der Waals surface area (Å²) in [5.41, 5.74) is 3.79. The van der Waals surface area contributed by atoms with E-state index in [1.165, 1.54) is 0 Å². The fraction of sp³-hybridized carbons (Fsp3) is 0.647. The van der Waals surface area contributed by atoms with Crippen LogP contribution in [0, 0.1) is 0 Å². The molecule has 1 amide bonds. The van der Waals surface area contributed by atoms with Gasteiger partial charge in [-0.1, -0.05) is 19.2 Å². The largest absolute Gasteiger partial charge is 0.362 e. The Kier molecular flexibility index (Phi) is 8.67. The Morgan fingerprint density at radius 1 is 1.42 bits per heavy atom. The summed E-state index contributed by atoms with van der Waals surface area (Å²) in [6, 6.07) is -0.130. The van der Waals surface area contributed by atoms with E-state index in [0.29, 0.717) is 11.3 Å². The van der Waals surface area contributed by atoms with Crippen LogP contribution in [-0.4, -0.2) is 69.1 Å². The average molecular weight is 337 g/mol. The first-order valence-corrected chi connectivity index (χ1v) is 8.26. The quantitative estimate of drug-likeness (QED) is 0.247. The zero-order chi connectivity index (χ0) is 18.1. The minimum atomic E-state index is -0.421. The van der Waals surface area contributed by atoms with Crippen LogP contribution in [0.2, 0.25) is 0 Å². The SMILES string of the molecule is C=CC(=C)C(NC(C)/C(=N\NC)C(=O)NC1CCN(C)CC1)OC. The summed E-state index contributed by atoms with van der Waals surface area (Å²) in [5.74, 6) is -0.169. The lowest BCUT2D eigenvalue weighted by atomic mass is 10.0. The highest BCUT2D eigenvalue weighted by atomic mass is 16.5. The fourth-order valence-electron chi connectivity index (χ4n) is 2.62. The van der Waals surface area contributed by atoms with E-state index in [1.54, 1.807) is 20.2 Å². The molecule has 136 valence electrons. The molecule has 0 spiro atoms. The van der Waals surface area contributed by atoms with Gasteiger partial charge in [0, 0.05) is 20.2 Å². The van der Waals surface area contributed by atoms with Crippen LogP contribution in [0.5, 0.6) is 0 Å². The molecule has 0 aromatic heterocycles. The summed E-state index contributed by atoms with van der Waals surface area (Å²) in [4.78, 5) is 14.9. The van der Waals surface area contributed by atoms with Gasteiger partial charge in [-0.25, -0.2) is 0 Å². The van der Waals surface area contributed by atoms with Crippen LogP contribution in [0.25, 0.3) is 0 Å². The molecule has 1 saturated heterocycles. The standard InChI is InChI=1S/C17H31N5O2/c1-7-12(2)17(24-6)19-13(3)15(21-18-4)16(23)20-14-8-10-22(5)11-9-14/h7,13-14,17-19H,1-2,8-11H2,3-6H3,(H,20,23)/b21-15+. The van der Waals surface area contributed by atoms with Crippen molar-refractivity contribution in [2.24, 2.45) is 5.10 Å². The van der Waals surface area contributed by atoms with Crippen LogP contribution in [0.15, 0.2) is 29.9 Å². The smallest absolute Gasteiger partial charge is 0.269 e. The van der Waals surface area contributed by atoms with E-state index in [0.717, 1.165) is 25.9 Å². The number of hydrazone groups is 1. The molecule has 0 saturated carbocycles. The molecular weight excluding hydrogens is 306 g/mol. The maximum absolute atomic E-state index is 12.6. The van der Waals surface area contributed by atoms with Crippen molar-refractivity contribution in [3.05, 3.63) is 24.8 Å². The van der Waals surface area contributed by atoms with Crippen LogP contribution in [0.4, 0.5) is 0 Å². The van der Waals surface area contributed by atoms with Gasteiger partial charge >= 0.3 is 0 Å². The van der Waals surface area contributed by atoms with Crippen molar-refractivity contribution in [1.29, 1.82) is 0 Å². The van der Waals surface area contributed by atoms with Crippen LogP contribution in [-0.2, 0) is 9.53 Å². The minimum Gasteiger partial charge on any atom is -0.362 e. The van der Waals surface area contributed by atoms with Gasteiger partial charge in [-0.05, 0) is 45.5 Å². The summed E-state index contributed by atoms with van der Waals surface area (Å²) in [7, 11) is 5.34. The van der Waals surface area contributed by atoms with Crippen molar-refractivity contribution in [3.63, 3.8) is 0 Å². The van der Waals surface area contributed by atoms with E-state index < -0.39 is 6.23 Å². The van der Waals surface area contributed by atoms with Gasteiger partial charge in [0.15, 0.2) is 0 Å². The minimum absolute atomic E-state index is 0.169. The van der Waals surface area contributed by atoms with Gasteiger partial charge in [-0.3, -0.25) is 10.1 Å². The van der Waals surface area contributed by atoms with Crippen LogP contribution < -0.4 is 16.1 Å². The Bertz CT molecular complexity index is 470. The molecule has 7 heteroatoms. The lowest BCUT2D eigenvalue weighted by molar-refractivity contribution is -0.116. The van der Waals surface area contributed by atoms with Crippen molar-refractivity contribution in [3.8, 4) is 0 Å². The van der Waals surface area contributed by atoms with Crippen molar-refractivity contribution in [2.75, 3.05) is 34.3 Å². The Morgan fingerprint density at radius 3 is 2.54 bits per heavy atom. The molecule has 0 radical (unpaired) electrons. The van der Waals surface area contributed by atoms with Gasteiger partial charge < -0.3 is 20.4 Å². The van der Waals surface area contributed by atoms with Gasteiger partial charge in [0.2, 0.25) is 0 Å². The summed E-state index contributed by atoms with van der Waals surface area (Å²) in [5, 5.41) is 10.4. The first kappa shape index (κ1) is 20.3. The number of nitrogens with zero attached hydrogens (tertiary/aromatic N) is 2. The lowest BCUT2D eigenvalue weighted by Gasteiger charge is -2.30. The third-order valence-electron chi connectivity index (χ3n) is 4.16. The first-order chi connectivity index (χ1) is 11.4. The molecule has 2 unspecified atom stereocenters. The maximum atomic E-state index is 12.6. The molecule has 2 atom stereocenters. The molecule has 7 nitrogen and oxygen atoms in total. The number of methoxy groups -OCH3 is 1. The molecule has 1 fully saturated rings. The van der Waals surface area contributed by atoms with Crippen LogP contribution in [0.1, 0.15) is 19.8 Å². The summed E-state index contributed by atoms with van der Waals surface area (Å²) in [6.45, 7) is 11.4. The number of amides is 1. The number of rotatable bonds is 9. The second-order valence-corrected chi connectivity index (χ2v) is 6.05. The van der Waals surface area contributed by atoms with E-state index >= 15 is 0 Å². The normalized spacial score (nSPS) is 19.4. The second kappa shape index (κ2) is 10.2. The molecule has 3 N–H and O–H groups in total. The molecule has 1 aliphatic rings. The van der Waals surface area contributed by atoms with Crippen molar-refractivity contribution in [2.45, 2.75) is 38.1 Å². The van der Waals surface area contributed by atoms with Crippen molar-refractivity contribution < 1.29 is 9.53 Å². The van der Waals surface area contributed by atoms with Gasteiger partial charge in [0.1, 0.15) is 11.9 Å². The summed E-state index contributed by atoms with van der Waals surface area (Å²) >= 11 is 0. The van der Waals surface area contributed by atoms with Crippen molar-refractivity contribution >= 4 is 11.6 Å². The molecule has 1 heterocycles. The predicted octanol–water partition coefficient (Wildman–Crippen LogP) is 0.465. The topological polar surface area (TPSA) is 78.0 Å². The van der Waals surface area contributed by atoms with E-state index in [2.05, 4.69) is 46.3 Å². The number of ether oxygens (including phenoxy) is 1. The molecule has 0 aromatic rings. The highest BCUT2D eigenvalue weighted by molar-refractivity contribution is 6.40. The molecule has 0 aliphatic carbocycles. The highest BCUT2D eigenvalue weighted by Crippen LogP contribution is 2.09. The third kappa shape index (κ3) is 6.07. The maximum Gasteiger partial charge on any atom is 0.269 e. The fourth-order valence-corrected chi connectivity index (χ4v) is 2.62. The van der Waals surface area contributed by atoms with E-state index in [1.807, 2.05) is 6.92 Å². The molecule has 24 heavy (non-hydrogen) atoms. The zero-order valence-corrected chi connectivity index (χ0v) is 15.3. The number of hydrogen-bond donors (Lipinski definition) is 3. The number of likely N-dealkylation sites (tertiary alicyclic amines) is 1. The van der Waals surface area contributed by atoms with Crippen LogP contribution >= 0.6 is 0 Å². The lowest BCUT2D eigenvalue weighted by Crippen LogP contribution is -2.52. The number of nitrogens with one attached hydrogen (secondary N) is 3. The van der Waals surface area contributed by atoms with Gasteiger partial charge in [-0.2, -0.15) is 5.10 Å². The Labute approximate surface area is 145 Å². The summed E-state index contributed by atoms with van der Waals surface area (Å²) in [6.07, 6.45) is 3.10. The highest BCUT2D eigenvalue weighted by Gasteiger charge is 2.26. The summed E-state index contributed by atoms with van der Waals surface area (Å²) < 4.78 is 5.35. The molecule has 0 aromatic carbocycles. The number of piperidine rings is 1. The second-order valence-electron chi connectivity index (χ2n) is 6.05. The van der Waals surface area contributed by atoms with E-state index in [9.17, 15) is 4.79 Å². The number of carbonyl (C=O) groups is 1. The van der Waals surface area contributed by atoms with Crippen LogP contribution in [0.3, 0.4) is 0 Å². The van der Waals surface area contributed by atoms with Crippen molar-refractivity contribution in [1.82, 2.24) is 21.0 Å². The van der Waals surface area contributed by atoms with E-state index in [-0.39, 0.29) is 18.0 Å². The zero-order valence-electron chi connectivity index (χ0n) is 15.3. The molecular formula is C17H31N5O2. The molecule has 1 rings (SSSR count). The third-order valence-corrected chi connectivity index (χ3v) is 4.16. The number of carbonyl (C=O) groups excluding carboxylic acids is 1. The van der Waals surface area contributed by atoms with Gasteiger partial charge in [-0.15, -0.1) is 0 Å². The first-order valence-electron chi connectivity index (χ1n) is 8.26. The Morgan fingerprint density at radius 2 is 2.04 bits per heavy atom. The van der Waals surface area contributed by atoms with Gasteiger partial charge in [0.25, 0.3) is 5.91 Å².